The third-order valence-corrected chi connectivity index (χ3v) is 10.3. The maximum absolute atomic E-state index is 13.5. The number of hydrogen-bond donors (Lipinski definition) is 1. The number of carbonyl (C=O) groups excluding carboxylic acids is 2. The van der Waals surface area contributed by atoms with Crippen LogP contribution in [0.2, 0.25) is 0 Å². The summed E-state index contributed by atoms with van der Waals surface area (Å²) >= 11 is 0. The summed E-state index contributed by atoms with van der Waals surface area (Å²) in [7, 11) is 1.88. The topological polar surface area (TPSA) is 79.3 Å². The number of piperidine rings is 1. The minimum absolute atomic E-state index is 0.0513. The van der Waals surface area contributed by atoms with Gasteiger partial charge in [-0.2, -0.15) is 0 Å². The van der Waals surface area contributed by atoms with Crippen molar-refractivity contribution in [3.63, 3.8) is 0 Å². The summed E-state index contributed by atoms with van der Waals surface area (Å²) in [5.41, 5.74) is 4.06. The minimum atomic E-state index is -0.350. The van der Waals surface area contributed by atoms with Crippen LogP contribution in [0, 0.1) is 5.92 Å². The van der Waals surface area contributed by atoms with E-state index in [4.69, 9.17) is 9.47 Å². The molecule has 2 heterocycles. The number of esters is 1. The second-order valence-electron chi connectivity index (χ2n) is 12.5. The first-order valence-corrected chi connectivity index (χ1v) is 15.3. The van der Waals surface area contributed by atoms with Crippen LogP contribution in [-0.4, -0.2) is 65.1 Å². The predicted octanol–water partition coefficient (Wildman–Crippen LogP) is 5.28. The quantitative estimate of drug-likeness (QED) is 0.304. The Balaban J connectivity index is 1.20. The number of nitrogens with zero attached hydrogens (tertiary/aromatic N) is 2. The molecule has 1 spiro atoms. The molecular weight excluding hydrogens is 540 g/mol. The number of amides is 1. The van der Waals surface area contributed by atoms with E-state index in [9.17, 15) is 14.7 Å². The van der Waals surface area contributed by atoms with Crippen molar-refractivity contribution < 1.29 is 24.2 Å². The lowest BCUT2D eigenvalue weighted by atomic mass is 9.51. The molecule has 1 N–H and O–H groups in total. The summed E-state index contributed by atoms with van der Waals surface area (Å²) in [5, 5.41) is 11.0. The van der Waals surface area contributed by atoms with E-state index >= 15 is 0 Å². The predicted molar refractivity (Wildman–Crippen MR) is 164 cm³/mol. The van der Waals surface area contributed by atoms with Gasteiger partial charge in [0, 0.05) is 43.6 Å². The third-order valence-electron chi connectivity index (χ3n) is 10.3. The Morgan fingerprint density at radius 3 is 2.58 bits per heavy atom. The number of carbonyl (C=O) groups is 2. The molecule has 7 nitrogen and oxygen atoms in total. The number of aromatic hydroxyl groups is 1. The average Bonchev–Trinajstić information content (AvgIpc) is 3.37. The number of likely N-dealkylation sites (tertiary alicyclic amines) is 1. The molecule has 222 valence electrons. The van der Waals surface area contributed by atoms with E-state index in [1.807, 2.05) is 78.7 Å². The van der Waals surface area contributed by atoms with E-state index in [0.29, 0.717) is 18.2 Å². The Hall–Kier alpha value is -4.10. The Morgan fingerprint density at radius 1 is 1.09 bits per heavy atom. The van der Waals surface area contributed by atoms with Gasteiger partial charge in [0.25, 0.3) is 0 Å². The van der Waals surface area contributed by atoms with Crippen molar-refractivity contribution in [3.05, 3.63) is 101 Å². The van der Waals surface area contributed by atoms with Gasteiger partial charge in [0.2, 0.25) is 5.91 Å². The van der Waals surface area contributed by atoms with Gasteiger partial charge in [-0.15, -0.1) is 0 Å². The molecule has 0 aromatic heterocycles. The lowest BCUT2D eigenvalue weighted by Crippen LogP contribution is -2.69. The third kappa shape index (κ3) is 4.61. The zero-order valence-corrected chi connectivity index (χ0v) is 24.7. The van der Waals surface area contributed by atoms with Crippen molar-refractivity contribution in [1.82, 2.24) is 9.80 Å². The first-order chi connectivity index (χ1) is 20.9. The molecular formula is C36H38N2O5. The highest BCUT2D eigenvalue weighted by molar-refractivity contribution is 5.92. The van der Waals surface area contributed by atoms with Crippen molar-refractivity contribution >= 4 is 18.0 Å². The van der Waals surface area contributed by atoms with E-state index in [1.54, 1.807) is 12.1 Å². The molecule has 3 aromatic rings. The SMILES string of the molecule is CC(=O)OC(CN1CC[C@]23c4c5ccc(O)c4O[C@H]2[C@@H](N(C)C(=O)C=Cc2ccccc2)CC[C@H]3[C@H]1C5)c1ccccc1. The maximum atomic E-state index is 13.5. The molecule has 1 unspecified atom stereocenters. The number of rotatable bonds is 7. The summed E-state index contributed by atoms with van der Waals surface area (Å²) in [6, 6.07) is 23.8. The number of ether oxygens (including phenoxy) is 2. The van der Waals surface area contributed by atoms with Crippen LogP contribution in [-0.2, 0) is 26.2 Å². The Labute approximate surface area is 252 Å². The van der Waals surface area contributed by atoms with Gasteiger partial charge in [-0.05, 0) is 67.0 Å². The van der Waals surface area contributed by atoms with E-state index < -0.39 is 0 Å². The molecule has 43 heavy (non-hydrogen) atoms. The van der Waals surface area contributed by atoms with Crippen LogP contribution in [0.4, 0.5) is 0 Å². The summed E-state index contributed by atoms with van der Waals surface area (Å²) in [6.45, 7) is 2.91. The molecule has 1 saturated heterocycles. The van der Waals surface area contributed by atoms with Gasteiger partial charge in [0.15, 0.2) is 11.5 Å². The monoisotopic (exact) mass is 578 g/mol. The highest BCUT2D eigenvalue weighted by Crippen LogP contribution is 2.64. The van der Waals surface area contributed by atoms with Gasteiger partial charge in [-0.25, -0.2) is 0 Å². The van der Waals surface area contributed by atoms with Gasteiger partial charge in [-0.1, -0.05) is 66.7 Å². The van der Waals surface area contributed by atoms with E-state index in [1.165, 1.54) is 12.5 Å². The van der Waals surface area contributed by atoms with Crippen molar-refractivity contribution in [2.45, 2.75) is 62.3 Å². The summed E-state index contributed by atoms with van der Waals surface area (Å²) < 4.78 is 12.6. The molecule has 0 radical (unpaired) electrons. The Bertz CT molecular complexity index is 1560. The molecule has 7 rings (SSSR count). The first-order valence-electron chi connectivity index (χ1n) is 15.3. The number of hydrogen-bond acceptors (Lipinski definition) is 6. The van der Waals surface area contributed by atoms with Gasteiger partial charge >= 0.3 is 5.97 Å². The molecule has 7 heteroatoms. The lowest BCUT2D eigenvalue weighted by Gasteiger charge is -2.60. The summed E-state index contributed by atoms with van der Waals surface area (Å²) in [6.07, 6.45) is 6.39. The largest absolute Gasteiger partial charge is 0.504 e. The smallest absolute Gasteiger partial charge is 0.303 e. The normalized spacial score (nSPS) is 27.7. The molecule has 2 bridgehead atoms. The van der Waals surface area contributed by atoms with Gasteiger partial charge in [0.05, 0.1) is 6.04 Å². The van der Waals surface area contributed by atoms with Crippen LogP contribution < -0.4 is 4.74 Å². The summed E-state index contributed by atoms with van der Waals surface area (Å²) in [4.78, 5) is 29.9. The van der Waals surface area contributed by atoms with E-state index in [0.717, 1.165) is 48.9 Å². The second kappa shape index (κ2) is 10.9. The fourth-order valence-electron chi connectivity index (χ4n) is 8.53. The molecule has 2 fully saturated rings. The Kier molecular flexibility index (Phi) is 7.01. The molecule has 3 aromatic carbocycles. The zero-order chi connectivity index (χ0) is 29.7. The fraction of sp³-hybridized carbons (Fsp3) is 0.389. The van der Waals surface area contributed by atoms with Gasteiger partial charge in [-0.3, -0.25) is 14.5 Å². The maximum Gasteiger partial charge on any atom is 0.303 e. The highest BCUT2D eigenvalue weighted by atomic mass is 16.5. The molecule has 2 aliphatic carbocycles. The van der Waals surface area contributed by atoms with Crippen LogP contribution in [0.5, 0.6) is 11.5 Å². The van der Waals surface area contributed by atoms with Crippen molar-refractivity contribution in [1.29, 1.82) is 0 Å². The van der Waals surface area contributed by atoms with Crippen LogP contribution in [0.3, 0.4) is 0 Å². The number of likely N-dealkylation sites (N-methyl/N-ethyl adjacent to an activating group) is 1. The van der Waals surface area contributed by atoms with Gasteiger partial charge < -0.3 is 19.5 Å². The number of phenolic OH excluding ortho intramolecular Hbond substituents is 1. The molecule has 2 aliphatic heterocycles. The highest BCUT2D eigenvalue weighted by Gasteiger charge is 2.66. The van der Waals surface area contributed by atoms with E-state index in [2.05, 4.69) is 11.0 Å². The van der Waals surface area contributed by atoms with Crippen molar-refractivity contribution in [2.75, 3.05) is 20.1 Å². The van der Waals surface area contributed by atoms with Crippen LogP contribution >= 0.6 is 0 Å². The number of benzene rings is 3. The molecule has 6 atom stereocenters. The second-order valence-corrected chi connectivity index (χ2v) is 12.5. The summed E-state index contributed by atoms with van der Waals surface area (Å²) in [5.74, 6) is 0.752. The van der Waals surface area contributed by atoms with E-state index in [-0.39, 0.29) is 47.3 Å². The lowest BCUT2D eigenvalue weighted by molar-refractivity contribution is -0.150. The van der Waals surface area contributed by atoms with Crippen LogP contribution in [0.15, 0.2) is 78.9 Å². The molecule has 1 amide bonds. The van der Waals surface area contributed by atoms with Crippen molar-refractivity contribution in [2.24, 2.45) is 5.92 Å². The standard InChI is InChI=1S/C36H38N2O5/c1-23(39)42-31(25-11-7-4-8-12-25)22-38-20-19-36-27-15-16-28(37(2)32(41)18-13-24-9-5-3-6-10-24)35(36)43-34-30(40)17-14-26(33(34)36)21-29(27)38/h3-14,17-18,27-29,31,35,40H,15-16,19-22H2,1-2H3/t27-,28-,29+,31?,35-,36-/m0/s1. The average molecular weight is 579 g/mol. The van der Waals surface area contributed by atoms with Crippen LogP contribution in [0.25, 0.3) is 6.08 Å². The van der Waals surface area contributed by atoms with Crippen molar-refractivity contribution in [3.8, 4) is 11.5 Å². The zero-order valence-electron chi connectivity index (χ0n) is 24.7. The first kappa shape index (κ1) is 27.7. The molecule has 4 aliphatic rings. The van der Waals surface area contributed by atoms with Gasteiger partial charge in [0.1, 0.15) is 12.2 Å². The minimum Gasteiger partial charge on any atom is -0.504 e. The molecule has 1 saturated carbocycles. The Morgan fingerprint density at radius 2 is 1.84 bits per heavy atom. The number of phenols is 1. The fourth-order valence-corrected chi connectivity index (χ4v) is 8.53. The van der Waals surface area contributed by atoms with Crippen LogP contribution in [0.1, 0.15) is 54.5 Å².